The summed E-state index contributed by atoms with van der Waals surface area (Å²) >= 11 is 0. The average Bonchev–Trinajstić information content (AvgIpc) is 4.00. The number of hydroxylamine groups is 1. The van der Waals surface area contributed by atoms with Gasteiger partial charge in [-0.15, -0.1) is 0 Å². The molecule has 60 heavy (non-hydrogen) atoms. The van der Waals surface area contributed by atoms with Crippen molar-refractivity contribution in [3.05, 3.63) is 157 Å². The van der Waals surface area contributed by atoms with E-state index in [0.29, 0.717) is 62.3 Å². The second-order valence-electron chi connectivity index (χ2n) is 13.8. The summed E-state index contributed by atoms with van der Waals surface area (Å²) < 4.78 is 35.6. The molecule has 2 N–H and O–H groups in total. The van der Waals surface area contributed by atoms with E-state index in [4.69, 9.17) is 38.9 Å². The van der Waals surface area contributed by atoms with Crippen molar-refractivity contribution in [2.45, 2.75) is 6.54 Å². The number of aromatic nitrogens is 8. The normalized spacial score (nSPS) is 11.9. The van der Waals surface area contributed by atoms with Crippen LogP contribution in [0.4, 0.5) is 0 Å². The van der Waals surface area contributed by atoms with E-state index in [0.717, 1.165) is 37.5 Å². The molecule has 11 rings (SSSR count). The minimum Gasteiger partial charge on any atom is -0.388 e. The molecular weight excluding hydrogens is 828 g/mol. The molecule has 0 radical (unpaired) electrons. The minimum absolute atomic E-state index is 0. The molecule has 2 aliphatic rings. The molecule has 286 valence electrons. The molecule has 0 atom stereocenters. The number of fused-ring (bicyclic) bond motifs is 20. The molecule has 0 amide bonds. The van der Waals surface area contributed by atoms with Gasteiger partial charge in [0.15, 0.2) is 29.0 Å². The monoisotopic (exact) mass is 855 g/mol. The number of rotatable bonds is 7. The first-order chi connectivity index (χ1) is 28.9. The summed E-state index contributed by atoms with van der Waals surface area (Å²) in [7, 11) is -4.63. The summed E-state index contributed by atoms with van der Waals surface area (Å²) in [5.74, 6) is 1.99. The van der Waals surface area contributed by atoms with Gasteiger partial charge in [-0.2, -0.15) is 8.42 Å². The molecule has 9 aromatic rings. The summed E-state index contributed by atoms with van der Waals surface area (Å²) in [5.41, 5.74) is 5.58. The number of hydrogen-bond acceptors (Lipinski definition) is 10. The van der Waals surface area contributed by atoms with Crippen LogP contribution >= 0.6 is 0 Å². The van der Waals surface area contributed by atoms with Crippen molar-refractivity contribution in [1.29, 1.82) is 0 Å². The molecule has 0 saturated heterocycles. The predicted octanol–water partition coefficient (Wildman–Crippen LogP) is 8.99. The van der Waals surface area contributed by atoms with Crippen LogP contribution in [0.1, 0.15) is 5.56 Å². The molecule has 13 nitrogen and oxygen atoms in total. The Morgan fingerprint density at radius 3 is 1.45 bits per heavy atom. The number of aromatic amines is 2. The Labute approximate surface area is 354 Å². The number of benzene rings is 6. The van der Waals surface area contributed by atoms with Crippen LogP contribution in [-0.4, -0.2) is 52.8 Å². The van der Waals surface area contributed by atoms with E-state index in [-0.39, 0.29) is 37.4 Å². The van der Waals surface area contributed by atoms with Gasteiger partial charge in [0.25, 0.3) is 0 Å². The number of nitrogens with zero attached hydrogens (tertiary/aromatic N) is 7. The molecule has 0 saturated carbocycles. The van der Waals surface area contributed by atoms with E-state index in [9.17, 15) is 8.42 Å². The van der Waals surface area contributed by atoms with Gasteiger partial charge in [-0.05, 0) is 23.8 Å². The fraction of sp³-hybridized carbons (Fsp3) is 0.0222. The Morgan fingerprint density at radius 1 is 0.467 bits per heavy atom. The van der Waals surface area contributed by atoms with Crippen LogP contribution in [-0.2, 0) is 36.3 Å². The van der Waals surface area contributed by atoms with Crippen molar-refractivity contribution in [2.24, 2.45) is 0 Å². The summed E-state index contributed by atoms with van der Waals surface area (Å²) in [4.78, 5) is 42.9. The Morgan fingerprint density at radius 2 is 0.900 bits per heavy atom. The summed E-state index contributed by atoms with van der Waals surface area (Å²) in [6.45, 7) is -0.130. The van der Waals surface area contributed by atoms with Gasteiger partial charge >= 0.3 is 10.3 Å². The Hall–Kier alpha value is -7.19. The number of hydrogen-bond donors (Lipinski definition) is 2. The van der Waals surface area contributed by atoms with E-state index < -0.39 is 10.3 Å². The first-order valence-corrected chi connectivity index (χ1v) is 20.0. The molecule has 0 spiro atoms. The molecule has 8 bridgehead atoms. The standard InChI is InChI=1S/C45H29N9O4S.Zn/c55-59(56,54(26-27-14-3-1-4-15-27)57-28-16-5-2-6-17-28)58-36-25-13-24-35-37(36)45-52-43-34-23-12-11-22-33(34)41(50-43)48-39-30-19-8-7-18-29(30)38(46-39)47-40-31-20-9-10-21-32(31)42(49-40)51-44(35)53-45;/h1-25H,26H2,(H2,46,47,48,49,50,51,52,53);. The topological polar surface area (TPSA) is 165 Å². The number of para-hydroxylation sites is 1. The van der Waals surface area contributed by atoms with Gasteiger partial charge in [0.1, 0.15) is 28.3 Å². The van der Waals surface area contributed by atoms with Crippen LogP contribution in [0.3, 0.4) is 0 Å². The van der Waals surface area contributed by atoms with Crippen molar-refractivity contribution in [3.8, 4) is 57.1 Å². The predicted molar refractivity (Wildman–Crippen MR) is 225 cm³/mol. The maximum atomic E-state index is 14.4. The molecule has 0 fully saturated rings. The van der Waals surface area contributed by atoms with Crippen molar-refractivity contribution in [2.75, 3.05) is 0 Å². The van der Waals surface area contributed by atoms with Gasteiger partial charge in [-0.25, -0.2) is 29.9 Å². The van der Waals surface area contributed by atoms with E-state index in [1.54, 1.807) is 36.4 Å². The quantitative estimate of drug-likeness (QED) is 0.117. The van der Waals surface area contributed by atoms with Gasteiger partial charge < -0.3 is 19.0 Å². The zero-order valence-electron chi connectivity index (χ0n) is 31.5. The molecular formula is C45H29N9O4SZn. The molecule has 15 heteroatoms. The van der Waals surface area contributed by atoms with Crippen LogP contribution in [0.15, 0.2) is 152 Å². The summed E-state index contributed by atoms with van der Waals surface area (Å²) in [6.07, 6.45) is 0. The molecule has 0 aliphatic carbocycles. The fourth-order valence-corrected chi connectivity index (χ4v) is 8.30. The molecule has 0 unspecified atom stereocenters. The Balaban J connectivity index is 0.00000433. The van der Waals surface area contributed by atoms with E-state index in [1.165, 1.54) is 0 Å². The molecule has 2 aliphatic heterocycles. The van der Waals surface area contributed by atoms with Crippen LogP contribution in [0.2, 0.25) is 0 Å². The maximum Gasteiger partial charge on any atom is 0.417 e. The third-order valence-electron chi connectivity index (χ3n) is 10.1. The van der Waals surface area contributed by atoms with Crippen LogP contribution in [0.5, 0.6) is 11.5 Å². The van der Waals surface area contributed by atoms with Gasteiger partial charge in [-0.1, -0.05) is 133 Å². The van der Waals surface area contributed by atoms with Crippen LogP contribution < -0.4 is 9.02 Å². The van der Waals surface area contributed by atoms with E-state index >= 15 is 0 Å². The zero-order chi connectivity index (χ0) is 39.5. The molecule has 3 aromatic heterocycles. The first kappa shape index (κ1) is 37.1. The molecule has 5 heterocycles. The van der Waals surface area contributed by atoms with Crippen molar-refractivity contribution in [1.82, 2.24) is 44.3 Å². The van der Waals surface area contributed by atoms with Crippen LogP contribution in [0.25, 0.3) is 89.7 Å². The summed E-state index contributed by atoms with van der Waals surface area (Å²) in [6, 6.07) is 46.2. The number of H-pyrrole nitrogens is 2. The van der Waals surface area contributed by atoms with Crippen LogP contribution in [0, 0.1) is 0 Å². The summed E-state index contributed by atoms with van der Waals surface area (Å²) in [5, 5.41) is 2.62. The van der Waals surface area contributed by atoms with Crippen molar-refractivity contribution >= 4 is 54.4 Å². The minimum atomic E-state index is -4.63. The SMILES string of the molecule is O=S(=O)(Oc1cccc2c3nc4nc(nc5[nH]c(nc6nc(nc([nH]3)c12)-c1ccccc1-6)c1ccccc51)-c1ccccc1-4)N(Cc1ccccc1)Oc1ccccc1.[Zn]. The van der Waals surface area contributed by atoms with Gasteiger partial charge in [0.05, 0.1) is 11.9 Å². The first-order valence-electron chi connectivity index (χ1n) is 18.7. The molecule has 6 aromatic carbocycles. The second kappa shape index (κ2) is 14.9. The van der Waals surface area contributed by atoms with Gasteiger partial charge in [-0.3, -0.25) is 0 Å². The Kier molecular flexibility index (Phi) is 9.20. The Bertz CT molecular complexity index is 3370. The largest absolute Gasteiger partial charge is 0.417 e. The van der Waals surface area contributed by atoms with Gasteiger partial charge in [0, 0.05) is 62.4 Å². The third kappa shape index (κ3) is 6.54. The van der Waals surface area contributed by atoms with E-state index in [2.05, 4.69) is 9.97 Å². The third-order valence-corrected chi connectivity index (χ3v) is 11.2. The zero-order valence-corrected chi connectivity index (χ0v) is 35.3. The number of nitrogens with one attached hydrogen (secondary N) is 2. The van der Waals surface area contributed by atoms with Crippen molar-refractivity contribution < 1.29 is 36.9 Å². The average molecular weight is 857 g/mol. The second-order valence-corrected chi connectivity index (χ2v) is 15.2. The van der Waals surface area contributed by atoms with E-state index in [1.807, 2.05) is 115 Å². The fourth-order valence-electron chi connectivity index (χ4n) is 7.37. The van der Waals surface area contributed by atoms with Crippen molar-refractivity contribution in [3.63, 3.8) is 0 Å². The smallest absolute Gasteiger partial charge is 0.388 e. The maximum absolute atomic E-state index is 14.4. The van der Waals surface area contributed by atoms with Gasteiger partial charge in [0.2, 0.25) is 0 Å².